The summed E-state index contributed by atoms with van der Waals surface area (Å²) >= 11 is 0. The molecule has 0 radical (unpaired) electrons. The standard InChI is InChI=1S/C12H22N4O3/c1-16-5-6-19-9(8-16)7-14-11(17)12(3-2-4-12)10(13)15-18/h9,18H,2-8H2,1H3,(H2,13,15)(H,14,17). The van der Waals surface area contributed by atoms with Crippen LogP contribution < -0.4 is 11.1 Å². The van der Waals surface area contributed by atoms with E-state index < -0.39 is 5.41 Å². The molecule has 0 bridgehead atoms. The summed E-state index contributed by atoms with van der Waals surface area (Å²) < 4.78 is 5.58. The number of nitrogens with one attached hydrogen (secondary N) is 1. The zero-order chi connectivity index (χ0) is 13.9. The van der Waals surface area contributed by atoms with Crippen molar-refractivity contribution in [2.24, 2.45) is 16.3 Å². The quantitative estimate of drug-likeness (QED) is 0.273. The Bertz CT molecular complexity index is 368. The van der Waals surface area contributed by atoms with Gasteiger partial charge in [-0.2, -0.15) is 0 Å². The molecule has 0 aromatic heterocycles. The summed E-state index contributed by atoms with van der Waals surface area (Å²) in [5.41, 5.74) is 4.83. The first-order valence-corrected chi connectivity index (χ1v) is 6.65. The van der Waals surface area contributed by atoms with Gasteiger partial charge in [0.05, 0.1) is 12.7 Å². The normalized spacial score (nSPS) is 27.6. The molecule has 19 heavy (non-hydrogen) atoms. The highest BCUT2D eigenvalue weighted by Gasteiger charge is 2.48. The third kappa shape index (κ3) is 2.82. The molecule has 1 heterocycles. The second kappa shape index (κ2) is 5.75. The lowest BCUT2D eigenvalue weighted by atomic mass is 9.67. The smallest absolute Gasteiger partial charge is 0.234 e. The van der Waals surface area contributed by atoms with Gasteiger partial charge in [0.1, 0.15) is 5.41 Å². The average Bonchev–Trinajstić information content (AvgIpc) is 2.35. The van der Waals surface area contributed by atoms with Gasteiger partial charge in [-0.15, -0.1) is 0 Å². The fraction of sp³-hybridized carbons (Fsp3) is 0.833. The van der Waals surface area contributed by atoms with Crippen LogP contribution in [0.4, 0.5) is 0 Å². The monoisotopic (exact) mass is 270 g/mol. The van der Waals surface area contributed by atoms with Crippen molar-refractivity contribution in [2.45, 2.75) is 25.4 Å². The number of hydrogen-bond donors (Lipinski definition) is 3. The topological polar surface area (TPSA) is 100 Å². The van der Waals surface area contributed by atoms with Crippen molar-refractivity contribution in [3.8, 4) is 0 Å². The Morgan fingerprint density at radius 1 is 1.63 bits per heavy atom. The summed E-state index contributed by atoms with van der Waals surface area (Å²) in [4.78, 5) is 14.4. The summed E-state index contributed by atoms with van der Waals surface area (Å²) in [5, 5.41) is 14.7. The van der Waals surface area contributed by atoms with E-state index in [0.717, 1.165) is 19.5 Å². The van der Waals surface area contributed by atoms with E-state index in [1.807, 2.05) is 7.05 Å². The van der Waals surface area contributed by atoms with Gasteiger partial charge in [0.15, 0.2) is 5.84 Å². The number of morpholine rings is 1. The number of amides is 1. The summed E-state index contributed by atoms with van der Waals surface area (Å²) in [6, 6.07) is 0. The van der Waals surface area contributed by atoms with E-state index in [1.165, 1.54) is 0 Å². The minimum absolute atomic E-state index is 0.00659. The first-order valence-electron chi connectivity index (χ1n) is 6.65. The molecule has 108 valence electrons. The van der Waals surface area contributed by atoms with E-state index in [0.29, 0.717) is 26.0 Å². The molecule has 7 heteroatoms. The van der Waals surface area contributed by atoms with Gasteiger partial charge < -0.3 is 25.9 Å². The number of amidine groups is 1. The van der Waals surface area contributed by atoms with E-state index in [4.69, 9.17) is 15.7 Å². The molecule has 0 spiro atoms. The van der Waals surface area contributed by atoms with Gasteiger partial charge in [-0.05, 0) is 19.9 Å². The van der Waals surface area contributed by atoms with Crippen molar-refractivity contribution in [3.05, 3.63) is 0 Å². The number of rotatable bonds is 4. The summed E-state index contributed by atoms with van der Waals surface area (Å²) in [6.07, 6.45) is 2.21. The molecule has 1 atom stereocenters. The van der Waals surface area contributed by atoms with Gasteiger partial charge in [0, 0.05) is 19.6 Å². The molecular formula is C12H22N4O3. The van der Waals surface area contributed by atoms with E-state index in [1.54, 1.807) is 0 Å². The highest BCUT2D eigenvalue weighted by Crippen LogP contribution is 2.41. The maximum Gasteiger partial charge on any atom is 0.234 e. The molecule has 2 aliphatic rings. The number of oxime groups is 1. The average molecular weight is 270 g/mol. The van der Waals surface area contributed by atoms with Crippen LogP contribution in [0.1, 0.15) is 19.3 Å². The second-order valence-corrected chi connectivity index (χ2v) is 5.39. The molecule has 2 fully saturated rings. The van der Waals surface area contributed by atoms with E-state index in [2.05, 4.69) is 15.4 Å². The van der Waals surface area contributed by atoms with Crippen LogP contribution in [0.5, 0.6) is 0 Å². The van der Waals surface area contributed by atoms with Crippen molar-refractivity contribution >= 4 is 11.7 Å². The van der Waals surface area contributed by atoms with Gasteiger partial charge in [0.25, 0.3) is 0 Å². The van der Waals surface area contributed by atoms with Crippen LogP contribution in [0, 0.1) is 5.41 Å². The van der Waals surface area contributed by atoms with Crippen LogP contribution in [0.25, 0.3) is 0 Å². The molecule has 1 amide bonds. The van der Waals surface area contributed by atoms with Gasteiger partial charge in [-0.3, -0.25) is 4.79 Å². The molecule has 0 aromatic rings. The SMILES string of the molecule is CN1CCOC(CNC(=O)C2(C(N)=NO)CCC2)C1. The van der Waals surface area contributed by atoms with Gasteiger partial charge in [-0.1, -0.05) is 11.6 Å². The fourth-order valence-electron chi connectivity index (χ4n) is 2.59. The molecule has 1 saturated carbocycles. The Hall–Kier alpha value is -1.34. The third-order valence-electron chi connectivity index (χ3n) is 4.07. The fourth-order valence-corrected chi connectivity index (χ4v) is 2.59. The van der Waals surface area contributed by atoms with Crippen molar-refractivity contribution < 1.29 is 14.7 Å². The maximum atomic E-state index is 12.2. The van der Waals surface area contributed by atoms with Gasteiger partial charge in [-0.25, -0.2) is 0 Å². The predicted octanol–water partition coefficient (Wildman–Crippen LogP) is -0.650. The summed E-state index contributed by atoms with van der Waals surface area (Å²) in [6.45, 7) is 2.86. The maximum absolute atomic E-state index is 12.2. The molecule has 4 N–H and O–H groups in total. The third-order valence-corrected chi connectivity index (χ3v) is 4.07. The lowest BCUT2D eigenvalue weighted by Gasteiger charge is -2.39. The first kappa shape index (κ1) is 14.1. The van der Waals surface area contributed by atoms with Crippen LogP contribution in [0.15, 0.2) is 5.16 Å². The number of hydrogen-bond acceptors (Lipinski definition) is 5. The van der Waals surface area contributed by atoms with Crippen molar-refractivity contribution in [1.29, 1.82) is 0 Å². The predicted molar refractivity (Wildman–Crippen MR) is 69.9 cm³/mol. The Morgan fingerprint density at radius 2 is 2.37 bits per heavy atom. The van der Waals surface area contributed by atoms with Crippen LogP contribution >= 0.6 is 0 Å². The minimum Gasteiger partial charge on any atom is -0.409 e. The van der Waals surface area contributed by atoms with E-state index in [-0.39, 0.29) is 17.8 Å². The summed E-state index contributed by atoms with van der Waals surface area (Å²) in [7, 11) is 2.03. The molecule has 1 aliphatic carbocycles. The molecule has 0 aromatic carbocycles. The van der Waals surface area contributed by atoms with Crippen molar-refractivity contribution in [3.63, 3.8) is 0 Å². The Labute approximate surface area is 112 Å². The lowest BCUT2D eigenvalue weighted by molar-refractivity contribution is -0.132. The number of likely N-dealkylation sites (N-methyl/N-ethyl adjacent to an activating group) is 1. The van der Waals surface area contributed by atoms with Crippen LogP contribution in [-0.2, 0) is 9.53 Å². The number of ether oxygens (including phenoxy) is 1. The molecule has 1 saturated heterocycles. The molecule has 2 rings (SSSR count). The van der Waals surface area contributed by atoms with Crippen molar-refractivity contribution in [1.82, 2.24) is 10.2 Å². The molecule has 1 unspecified atom stereocenters. The second-order valence-electron chi connectivity index (χ2n) is 5.39. The minimum atomic E-state index is -0.810. The molecular weight excluding hydrogens is 248 g/mol. The molecule has 1 aliphatic heterocycles. The Balaban J connectivity index is 1.87. The highest BCUT2D eigenvalue weighted by molar-refractivity contribution is 6.07. The van der Waals surface area contributed by atoms with Crippen LogP contribution in [0.2, 0.25) is 0 Å². The highest BCUT2D eigenvalue weighted by atomic mass is 16.5. The largest absolute Gasteiger partial charge is 0.409 e. The zero-order valence-corrected chi connectivity index (χ0v) is 11.3. The number of nitrogens with two attached hydrogens (primary N) is 1. The lowest BCUT2D eigenvalue weighted by Crippen LogP contribution is -2.56. The number of carbonyl (C=O) groups is 1. The summed E-state index contributed by atoms with van der Waals surface area (Å²) in [5.74, 6) is -0.149. The van der Waals surface area contributed by atoms with Crippen LogP contribution in [0.3, 0.4) is 0 Å². The van der Waals surface area contributed by atoms with Crippen molar-refractivity contribution in [2.75, 3.05) is 33.3 Å². The van der Waals surface area contributed by atoms with Gasteiger partial charge >= 0.3 is 0 Å². The first-order chi connectivity index (χ1) is 9.08. The molecule has 7 nitrogen and oxygen atoms in total. The number of carbonyl (C=O) groups excluding carboxylic acids is 1. The van der Waals surface area contributed by atoms with Crippen LogP contribution in [-0.4, -0.2) is 61.2 Å². The number of nitrogens with zero attached hydrogens (tertiary/aromatic N) is 2. The Morgan fingerprint density at radius 3 is 2.89 bits per heavy atom. The van der Waals surface area contributed by atoms with E-state index in [9.17, 15) is 4.79 Å². The van der Waals surface area contributed by atoms with E-state index >= 15 is 0 Å². The Kier molecular flexibility index (Phi) is 4.26. The van der Waals surface area contributed by atoms with Gasteiger partial charge in [0.2, 0.25) is 5.91 Å². The zero-order valence-electron chi connectivity index (χ0n) is 11.3.